The molecule has 0 atom stereocenters. The van der Waals surface area contributed by atoms with E-state index in [1.165, 1.54) is 0 Å². The number of amides is 1. The summed E-state index contributed by atoms with van der Waals surface area (Å²) in [6.07, 6.45) is 8.05. The first-order valence-corrected chi connectivity index (χ1v) is 9.70. The van der Waals surface area contributed by atoms with Crippen LogP contribution in [0.3, 0.4) is 0 Å². The second kappa shape index (κ2) is 8.22. The third kappa shape index (κ3) is 4.01. The summed E-state index contributed by atoms with van der Waals surface area (Å²) in [4.78, 5) is 26.1. The summed E-state index contributed by atoms with van der Waals surface area (Å²) in [5.41, 5.74) is 4.25. The van der Waals surface area contributed by atoms with E-state index in [0.29, 0.717) is 12.1 Å². The lowest BCUT2D eigenvalue weighted by molar-refractivity contribution is 0.0954. The molecule has 0 bridgehead atoms. The van der Waals surface area contributed by atoms with Gasteiger partial charge in [0.15, 0.2) is 0 Å². The molecule has 0 spiro atoms. The van der Waals surface area contributed by atoms with Crippen LogP contribution in [0.5, 0.6) is 0 Å². The number of rotatable bonds is 6. The molecule has 0 saturated heterocycles. The van der Waals surface area contributed by atoms with Gasteiger partial charge in [-0.3, -0.25) is 9.78 Å². The topological polar surface area (TPSA) is 72.7 Å². The number of benzene rings is 1. The van der Waals surface area contributed by atoms with Gasteiger partial charge in [-0.15, -0.1) is 0 Å². The van der Waals surface area contributed by atoms with E-state index in [0.717, 1.165) is 46.5 Å². The molecule has 6 heteroatoms. The van der Waals surface area contributed by atoms with Crippen molar-refractivity contribution in [3.05, 3.63) is 78.1 Å². The molecule has 0 aliphatic heterocycles. The fourth-order valence-corrected chi connectivity index (χ4v) is 3.44. The average molecular weight is 385 g/mol. The number of fused-ring (bicyclic) bond motifs is 1. The number of carbonyl (C=O) groups excluding carboxylic acids is 1. The Morgan fingerprint density at radius 3 is 2.69 bits per heavy atom. The minimum absolute atomic E-state index is 0.0827. The Bertz CT molecular complexity index is 1150. The lowest BCUT2D eigenvalue weighted by Gasteiger charge is -2.12. The Labute approximate surface area is 169 Å². The molecule has 1 aromatic carbocycles. The van der Waals surface area contributed by atoms with E-state index in [4.69, 9.17) is 4.98 Å². The molecule has 4 aromatic rings. The molecule has 0 aliphatic carbocycles. The number of aromatic nitrogens is 4. The highest BCUT2D eigenvalue weighted by Gasteiger charge is 2.15. The Morgan fingerprint density at radius 1 is 1.10 bits per heavy atom. The maximum absolute atomic E-state index is 13.0. The molecule has 4 rings (SSSR count). The van der Waals surface area contributed by atoms with Crippen molar-refractivity contribution in [2.75, 3.05) is 6.54 Å². The van der Waals surface area contributed by atoms with Gasteiger partial charge in [-0.25, -0.2) is 9.97 Å². The van der Waals surface area contributed by atoms with Crippen LogP contribution in [0, 0.1) is 13.8 Å². The molecular formula is C23H23N5O. The number of nitrogens with one attached hydrogen (secondary N) is 1. The molecule has 3 heterocycles. The Morgan fingerprint density at radius 2 is 1.93 bits per heavy atom. The highest BCUT2D eigenvalue weighted by molar-refractivity contribution is 6.07. The summed E-state index contributed by atoms with van der Waals surface area (Å²) in [5, 5.41) is 3.92. The number of para-hydroxylation sites is 1. The van der Waals surface area contributed by atoms with Gasteiger partial charge in [-0.05, 0) is 44.0 Å². The zero-order valence-electron chi connectivity index (χ0n) is 16.6. The van der Waals surface area contributed by atoms with Crippen LogP contribution >= 0.6 is 0 Å². The second-order valence-corrected chi connectivity index (χ2v) is 7.04. The van der Waals surface area contributed by atoms with Crippen molar-refractivity contribution in [3.8, 4) is 11.3 Å². The highest BCUT2D eigenvalue weighted by Crippen LogP contribution is 2.26. The standard InChI is InChI=1S/C23H23N5O/c1-16-5-3-6-19-20(15-21(27-22(16)19)18-7-10-24-11-8-18)23(29)26-9-4-13-28-14-12-25-17(28)2/h3,5-8,10-12,14-15H,4,9,13H2,1-2H3,(H,26,29). The van der Waals surface area contributed by atoms with Crippen LogP contribution in [0.2, 0.25) is 0 Å². The van der Waals surface area contributed by atoms with E-state index in [1.807, 2.05) is 56.4 Å². The lowest BCUT2D eigenvalue weighted by atomic mass is 10.0. The molecule has 0 aliphatic rings. The third-order valence-corrected chi connectivity index (χ3v) is 5.05. The summed E-state index contributed by atoms with van der Waals surface area (Å²) in [7, 11) is 0. The molecular weight excluding hydrogens is 362 g/mol. The van der Waals surface area contributed by atoms with Crippen molar-refractivity contribution >= 4 is 16.8 Å². The number of pyridine rings is 2. The number of nitrogens with zero attached hydrogens (tertiary/aromatic N) is 4. The summed E-state index contributed by atoms with van der Waals surface area (Å²) in [5.74, 6) is 0.898. The van der Waals surface area contributed by atoms with E-state index in [9.17, 15) is 4.79 Å². The van der Waals surface area contributed by atoms with Crippen molar-refractivity contribution in [1.82, 2.24) is 24.8 Å². The van der Waals surface area contributed by atoms with E-state index in [-0.39, 0.29) is 5.91 Å². The first kappa shape index (κ1) is 18.8. The van der Waals surface area contributed by atoms with Crippen molar-refractivity contribution in [1.29, 1.82) is 0 Å². The average Bonchev–Trinajstić information content (AvgIpc) is 3.16. The number of carbonyl (C=O) groups is 1. The fourth-order valence-electron chi connectivity index (χ4n) is 3.44. The second-order valence-electron chi connectivity index (χ2n) is 7.04. The summed E-state index contributed by atoms with van der Waals surface area (Å²) < 4.78 is 2.08. The molecule has 0 saturated carbocycles. The maximum atomic E-state index is 13.0. The third-order valence-electron chi connectivity index (χ3n) is 5.05. The maximum Gasteiger partial charge on any atom is 0.252 e. The molecule has 0 fully saturated rings. The smallest absolute Gasteiger partial charge is 0.252 e. The summed E-state index contributed by atoms with van der Waals surface area (Å²) in [6, 6.07) is 11.6. The van der Waals surface area contributed by atoms with Gasteiger partial charge in [0, 0.05) is 48.8 Å². The van der Waals surface area contributed by atoms with E-state index >= 15 is 0 Å². The van der Waals surface area contributed by atoms with Crippen molar-refractivity contribution < 1.29 is 4.79 Å². The minimum atomic E-state index is -0.0827. The predicted octanol–water partition coefficient (Wildman–Crippen LogP) is 3.93. The molecule has 0 radical (unpaired) electrons. The fraction of sp³-hybridized carbons (Fsp3) is 0.217. The minimum Gasteiger partial charge on any atom is -0.352 e. The predicted molar refractivity (Wildman–Crippen MR) is 114 cm³/mol. The number of imidazole rings is 1. The van der Waals surface area contributed by atoms with Gasteiger partial charge < -0.3 is 9.88 Å². The monoisotopic (exact) mass is 385 g/mol. The zero-order chi connectivity index (χ0) is 20.2. The first-order valence-electron chi connectivity index (χ1n) is 9.70. The van der Waals surface area contributed by atoms with Crippen LogP contribution in [0.1, 0.15) is 28.2 Å². The van der Waals surface area contributed by atoms with Gasteiger partial charge in [-0.2, -0.15) is 0 Å². The first-order chi connectivity index (χ1) is 14.1. The largest absolute Gasteiger partial charge is 0.352 e. The van der Waals surface area contributed by atoms with Gasteiger partial charge in [0.25, 0.3) is 5.91 Å². The summed E-state index contributed by atoms with van der Waals surface area (Å²) in [6.45, 7) is 5.41. The van der Waals surface area contributed by atoms with Gasteiger partial charge in [0.1, 0.15) is 5.82 Å². The van der Waals surface area contributed by atoms with Gasteiger partial charge in [0.05, 0.1) is 16.8 Å². The summed E-state index contributed by atoms with van der Waals surface area (Å²) >= 11 is 0. The molecule has 146 valence electrons. The van der Waals surface area contributed by atoms with Crippen LogP contribution in [0.15, 0.2) is 61.2 Å². The SMILES string of the molecule is Cc1cccc2c(C(=O)NCCCn3ccnc3C)cc(-c3ccncc3)nc12. The Hall–Kier alpha value is -3.54. The molecule has 0 unspecified atom stereocenters. The molecule has 29 heavy (non-hydrogen) atoms. The van der Waals surface area contributed by atoms with Gasteiger partial charge in [0.2, 0.25) is 0 Å². The van der Waals surface area contributed by atoms with Crippen molar-refractivity contribution in [3.63, 3.8) is 0 Å². The van der Waals surface area contributed by atoms with Crippen molar-refractivity contribution in [2.24, 2.45) is 0 Å². The van der Waals surface area contributed by atoms with Crippen LogP contribution < -0.4 is 5.32 Å². The lowest BCUT2D eigenvalue weighted by Crippen LogP contribution is -2.25. The normalized spacial score (nSPS) is 11.0. The Balaban J connectivity index is 1.59. The quantitative estimate of drug-likeness (QED) is 0.511. The molecule has 1 amide bonds. The highest BCUT2D eigenvalue weighted by atomic mass is 16.1. The van der Waals surface area contributed by atoms with Crippen LogP contribution in [-0.2, 0) is 6.54 Å². The van der Waals surface area contributed by atoms with E-state index in [2.05, 4.69) is 19.9 Å². The van der Waals surface area contributed by atoms with Crippen molar-refractivity contribution in [2.45, 2.75) is 26.8 Å². The van der Waals surface area contributed by atoms with Crippen LogP contribution in [0.25, 0.3) is 22.2 Å². The Kier molecular flexibility index (Phi) is 5.33. The van der Waals surface area contributed by atoms with E-state index in [1.54, 1.807) is 18.6 Å². The van der Waals surface area contributed by atoms with E-state index < -0.39 is 0 Å². The number of hydrogen-bond donors (Lipinski definition) is 1. The van der Waals surface area contributed by atoms with Crippen LogP contribution in [0.4, 0.5) is 0 Å². The van der Waals surface area contributed by atoms with Crippen LogP contribution in [-0.4, -0.2) is 32.0 Å². The molecule has 1 N–H and O–H groups in total. The number of hydrogen-bond acceptors (Lipinski definition) is 4. The zero-order valence-corrected chi connectivity index (χ0v) is 16.6. The van der Waals surface area contributed by atoms with Gasteiger partial charge >= 0.3 is 0 Å². The number of aryl methyl sites for hydroxylation is 3. The van der Waals surface area contributed by atoms with Gasteiger partial charge in [-0.1, -0.05) is 18.2 Å². The molecule has 3 aromatic heterocycles. The molecule has 6 nitrogen and oxygen atoms in total.